The maximum absolute atomic E-state index is 6.04. The lowest BCUT2D eigenvalue weighted by molar-refractivity contribution is 0.0593. The molecule has 0 amide bonds. The van der Waals surface area contributed by atoms with Gasteiger partial charge in [-0.1, -0.05) is 30.3 Å². The van der Waals surface area contributed by atoms with Gasteiger partial charge in [0.25, 0.3) is 0 Å². The highest BCUT2D eigenvalue weighted by Crippen LogP contribution is 2.28. The zero-order valence-electron chi connectivity index (χ0n) is 11.1. The van der Waals surface area contributed by atoms with E-state index in [0.29, 0.717) is 6.04 Å². The summed E-state index contributed by atoms with van der Waals surface area (Å²) in [6.07, 6.45) is 2.22. The summed E-state index contributed by atoms with van der Waals surface area (Å²) in [5, 5.41) is 0. The molecule has 1 unspecified atom stereocenters. The molecule has 1 aromatic rings. The van der Waals surface area contributed by atoms with Crippen LogP contribution in [-0.4, -0.2) is 23.0 Å². The summed E-state index contributed by atoms with van der Waals surface area (Å²) in [6.45, 7) is 6.76. The van der Waals surface area contributed by atoms with Crippen LogP contribution < -0.4 is 5.73 Å². The average molecular weight is 291 g/mol. The first-order valence-electron chi connectivity index (χ1n) is 6.12. The van der Waals surface area contributed by atoms with Crippen LogP contribution in [0.25, 0.3) is 0 Å². The molecule has 2 rings (SSSR count). The number of likely N-dealkylation sites (tertiary alicyclic amines) is 1. The normalized spacial score (nSPS) is 22.7. The van der Waals surface area contributed by atoms with Crippen molar-refractivity contribution in [3.05, 3.63) is 35.9 Å². The molecule has 0 saturated carbocycles. The van der Waals surface area contributed by atoms with Crippen molar-refractivity contribution in [2.45, 2.75) is 44.8 Å². The van der Waals surface area contributed by atoms with Gasteiger partial charge < -0.3 is 5.73 Å². The first-order valence-corrected chi connectivity index (χ1v) is 6.12. The number of piperidine rings is 1. The summed E-state index contributed by atoms with van der Waals surface area (Å²) in [7, 11) is 0. The third kappa shape index (κ3) is 4.43. The Bertz CT molecular complexity index is 341. The molecule has 1 aliphatic rings. The van der Waals surface area contributed by atoms with E-state index in [9.17, 15) is 0 Å². The molecule has 0 bridgehead atoms. The summed E-state index contributed by atoms with van der Waals surface area (Å²) < 4.78 is 0. The van der Waals surface area contributed by atoms with E-state index in [1.165, 1.54) is 5.56 Å². The Morgan fingerprint density at radius 1 is 1.22 bits per heavy atom. The van der Waals surface area contributed by atoms with Crippen molar-refractivity contribution in [3.8, 4) is 0 Å². The topological polar surface area (TPSA) is 29.3 Å². The Morgan fingerprint density at radius 2 is 1.83 bits per heavy atom. The van der Waals surface area contributed by atoms with Crippen molar-refractivity contribution in [1.29, 1.82) is 0 Å². The molecule has 1 saturated heterocycles. The molecule has 1 fully saturated rings. The van der Waals surface area contributed by atoms with Crippen molar-refractivity contribution < 1.29 is 0 Å². The van der Waals surface area contributed by atoms with Crippen LogP contribution in [0.3, 0.4) is 0 Å². The second-order valence-electron chi connectivity index (χ2n) is 5.47. The van der Waals surface area contributed by atoms with Crippen LogP contribution in [0.2, 0.25) is 0 Å². The van der Waals surface area contributed by atoms with E-state index in [-0.39, 0.29) is 30.4 Å². The summed E-state index contributed by atoms with van der Waals surface area (Å²) in [5.41, 5.74) is 7.66. The van der Waals surface area contributed by atoms with E-state index in [4.69, 9.17) is 5.73 Å². The molecule has 0 radical (unpaired) electrons. The number of benzene rings is 1. The van der Waals surface area contributed by atoms with Crippen LogP contribution in [0.5, 0.6) is 0 Å². The van der Waals surface area contributed by atoms with Crippen molar-refractivity contribution in [2.24, 2.45) is 5.73 Å². The standard InChI is InChI=1S/C14H22N2.2ClH/c1-14(2)10-13(15)8-9-16(14)11-12-6-4-3-5-7-12;;/h3-7,13H,8-11,15H2,1-2H3;2*1H. The Labute approximate surface area is 123 Å². The van der Waals surface area contributed by atoms with Crippen molar-refractivity contribution >= 4 is 24.8 Å². The predicted octanol–water partition coefficient (Wildman–Crippen LogP) is 3.23. The Balaban J connectivity index is 0.00000144. The van der Waals surface area contributed by atoms with Crippen LogP contribution in [0, 0.1) is 0 Å². The number of nitrogens with zero attached hydrogens (tertiary/aromatic N) is 1. The SMILES string of the molecule is CC1(C)CC(N)CCN1Cc1ccccc1.Cl.Cl. The molecule has 1 aliphatic heterocycles. The van der Waals surface area contributed by atoms with E-state index in [0.717, 1.165) is 25.9 Å². The number of halogens is 2. The smallest absolute Gasteiger partial charge is 0.0239 e. The largest absolute Gasteiger partial charge is 0.328 e. The molecule has 4 heteroatoms. The fraction of sp³-hybridized carbons (Fsp3) is 0.571. The molecular formula is C14H24Cl2N2. The third-order valence-electron chi connectivity index (χ3n) is 3.60. The van der Waals surface area contributed by atoms with E-state index in [2.05, 4.69) is 49.1 Å². The molecule has 2 N–H and O–H groups in total. The Kier molecular flexibility index (Phi) is 7.23. The molecule has 0 aromatic heterocycles. The van der Waals surface area contributed by atoms with E-state index >= 15 is 0 Å². The number of hydrogen-bond acceptors (Lipinski definition) is 2. The molecule has 1 atom stereocenters. The van der Waals surface area contributed by atoms with Crippen molar-refractivity contribution in [1.82, 2.24) is 4.90 Å². The first kappa shape index (κ1) is 17.7. The van der Waals surface area contributed by atoms with Crippen LogP contribution in [-0.2, 0) is 6.54 Å². The van der Waals surface area contributed by atoms with Gasteiger partial charge in [-0.05, 0) is 32.3 Å². The molecule has 104 valence electrons. The zero-order chi connectivity index (χ0) is 11.6. The van der Waals surface area contributed by atoms with Gasteiger partial charge in [0.1, 0.15) is 0 Å². The molecule has 1 aromatic carbocycles. The minimum Gasteiger partial charge on any atom is -0.328 e. The summed E-state index contributed by atoms with van der Waals surface area (Å²) >= 11 is 0. The van der Waals surface area contributed by atoms with Crippen LogP contribution in [0.15, 0.2) is 30.3 Å². The highest BCUT2D eigenvalue weighted by Gasteiger charge is 2.32. The van der Waals surface area contributed by atoms with Gasteiger partial charge in [0.15, 0.2) is 0 Å². The van der Waals surface area contributed by atoms with Gasteiger partial charge in [-0.3, -0.25) is 4.90 Å². The number of hydrogen-bond donors (Lipinski definition) is 1. The van der Waals surface area contributed by atoms with Crippen LogP contribution >= 0.6 is 24.8 Å². The average Bonchev–Trinajstić information content (AvgIpc) is 2.23. The van der Waals surface area contributed by atoms with Crippen LogP contribution in [0.1, 0.15) is 32.3 Å². The summed E-state index contributed by atoms with van der Waals surface area (Å²) in [6, 6.07) is 11.1. The van der Waals surface area contributed by atoms with Gasteiger partial charge in [-0.25, -0.2) is 0 Å². The molecule has 2 nitrogen and oxygen atoms in total. The fourth-order valence-electron chi connectivity index (χ4n) is 2.59. The third-order valence-corrected chi connectivity index (χ3v) is 3.60. The molecule has 1 heterocycles. The van der Waals surface area contributed by atoms with E-state index < -0.39 is 0 Å². The lowest BCUT2D eigenvalue weighted by atomic mass is 9.87. The molecule has 0 spiro atoms. The fourth-order valence-corrected chi connectivity index (χ4v) is 2.59. The number of nitrogens with two attached hydrogens (primary N) is 1. The zero-order valence-corrected chi connectivity index (χ0v) is 12.8. The maximum atomic E-state index is 6.04. The van der Waals surface area contributed by atoms with Crippen molar-refractivity contribution in [3.63, 3.8) is 0 Å². The minimum atomic E-state index is 0. The summed E-state index contributed by atoms with van der Waals surface area (Å²) in [4.78, 5) is 2.55. The summed E-state index contributed by atoms with van der Waals surface area (Å²) in [5.74, 6) is 0. The highest BCUT2D eigenvalue weighted by molar-refractivity contribution is 5.85. The van der Waals surface area contributed by atoms with E-state index in [1.807, 2.05) is 0 Å². The Morgan fingerprint density at radius 3 is 2.39 bits per heavy atom. The minimum absolute atomic E-state index is 0. The van der Waals surface area contributed by atoms with Gasteiger partial charge in [-0.15, -0.1) is 24.8 Å². The van der Waals surface area contributed by atoms with Gasteiger partial charge in [-0.2, -0.15) is 0 Å². The van der Waals surface area contributed by atoms with E-state index in [1.54, 1.807) is 0 Å². The lowest BCUT2D eigenvalue weighted by Gasteiger charge is -2.45. The van der Waals surface area contributed by atoms with Gasteiger partial charge in [0.05, 0.1) is 0 Å². The van der Waals surface area contributed by atoms with Gasteiger partial charge >= 0.3 is 0 Å². The quantitative estimate of drug-likeness (QED) is 0.906. The second-order valence-corrected chi connectivity index (χ2v) is 5.47. The van der Waals surface area contributed by atoms with Crippen LogP contribution in [0.4, 0.5) is 0 Å². The maximum Gasteiger partial charge on any atom is 0.0239 e. The van der Waals surface area contributed by atoms with Crippen molar-refractivity contribution in [2.75, 3.05) is 6.54 Å². The first-order chi connectivity index (χ1) is 7.58. The lowest BCUT2D eigenvalue weighted by Crippen LogP contribution is -2.52. The number of rotatable bonds is 2. The molecule has 18 heavy (non-hydrogen) atoms. The predicted molar refractivity (Wildman–Crippen MR) is 82.6 cm³/mol. The van der Waals surface area contributed by atoms with Gasteiger partial charge in [0.2, 0.25) is 0 Å². The van der Waals surface area contributed by atoms with Gasteiger partial charge in [0, 0.05) is 24.7 Å². The molecular weight excluding hydrogens is 267 g/mol. The second kappa shape index (κ2) is 7.34. The molecule has 0 aliphatic carbocycles. The highest BCUT2D eigenvalue weighted by atomic mass is 35.5. The monoisotopic (exact) mass is 290 g/mol. The Hall–Kier alpha value is -0.280.